The van der Waals surface area contributed by atoms with Crippen molar-refractivity contribution in [2.24, 2.45) is 0 Å². The van der Waals surface area contributed by atoms with E-state index in [9.17, 15) is 18.0 Å². The molecule has 2 aliphatic rings. The molecule has 0 spiro atoms. The molecule has 1 fully saturated rings. The fourth-order valence-electron chi connectivity index (χ4n) is 3.79. The summed E-state index contributed by atoms with van der Waals surface area (Å²) in [6.45, 7) is 0. The predicted molar refractivity (Wildman–Crippen MR) is 104 cm³/mol. The second-order valence-electron chi connectivity index (χ2n) is 7.32. The van der Waals surface area contributed by atoms with Gasteiger partial charge in [0.25, 0.3) is 0 Å². The maximum absolute atomic E-state index is 12.5. The molecule has 1 aromatic heterocycles. The SMILES string of the molecule is O=C(Nc1c2c(nn1-c1ccccc1)CS(=O)(=O)C2)C(=O)NC1CCCCC1. The number of sulfone groups is 1. The Morgan fingerprint density at radius 3 is 2.43 bits per heavy atom. The molecule has 1 saturated carbocycles. The summed E-state index contributed by atoms with van der Waals surface area (Å²) in [5.41, 5.74) is 1.53. The van der Waals surface area contributed by atoms with Gasteiger partial charge in [-0.2, -0.15) is 5.10 Å². The van der Waals surface area contributed by atoms with Gasteiger partial charge in [-0.1, -0.05) is 37.5 Å². The van der Waals surface area contributed by atoms with Crippen LogP contribution in [0, 0.1) is 0 Å². The molecule has 2 N–H and O–H groups in total. The molecule has 1 aliphatic carbocycles. The second-order valence-corrected chi connectivity index (χ2v) is 9.38. The van der Waals surface area contributed by atoms with E-state index in [0.717, 1.165) is 32.1 Å². The number of nitrogens with one attached hydrogen (secondary N) is 2. The number of anilines is 1. The predicted octanol–water partition coefficient (Wildman–Crippen LogP) is 1.69. The van der Waals surface area contributed by atoms with E-state index in [1.807, 2.05) is 18.2 Å². The Labute approximate surface area is 163 Å². The molecule has 148 valence electrons. The van der Waals surface area contributed by atoms with Crippen molar-refractivity contribution in [1.29, 1.82) is 0 Å². The van der Waals surface area contributed by atoms with Crippen molar-refractivity contribution in [3.8, 4) is 5.69 Å². The topological polar surface area (TPSA) is 110 Å². The molecule has 2 amide bonds. The van der Waals surface area contributed by atoms with Crippen molar-refractivity contribution in [3.05, 3.63) is 41.6 Å². The number of nitrogens with zero attached hydrogens (tertiary/aromatic N) is 2. The summed E-state index contributed by atoms with van der Waals surface area (Å²) in [6, 6.07) is 9.10. The normalized spacial score (nSPS) is 18.4. The molecule has 8 nitrogen and oxygen atoms in total. The van der Waals surface area contributed by atoms with Crippen LogP contribution in [0.1, 0.15) is 43.4 Å². The van der Waals surface area contributed by atoms with Crippen LogP contribution in [0.2, 0.25) is 0 Å². The first-order valence-corrected chi connectivity index (χ1v) is 11.2. The van der Waals surface area contributed by atoms with Crippen LogP contribution < -0.4 is 10.6 Å². The van der Waals surface area contributed by atoms with Crippen LogP contribution in [0.15, 0.2) is 30.3 Å². The van der Waals surface area contributed by atoms with Gasteiger partial charge < -0.3 is 10.6 Å². The Hall–Kier alpha value is -2.68. The average molecular weight is 402 g/mol. The van der Waals surface area contributed by atoms with Crippen molar-refractivity contribution in [3.63, 3.8) is 0 Å². The highest BCUT2D eigenvalue weighted by Crippen LogP contribution is 2.32. The minimum atomic E-state index is -3.29. The van der Waals surface area contributed by atoms with Crippen molar-refractivity contribution in [1.82, 2.24) is 15.1 Å². The Balaban J connectivity index is 1.59. The Morgan fingerprint density at radius 1 is 1.00 bits per heavy atom. The lowest BCUT2D eigenvalue weighted by Gasteiger charge is -2.22. The highest BCUT2D eigenvalue weighted by molar-refractivity contribution is 7.90. The molecule has 2 heterocycles. The number of carbonyl (C=O) groups is 2. The number of para-hydroxylation sites is 1. The number of fused-ring (bicyclic) bond motifs is 1. The smallest absolute Gasteiger partial charge is 0.314 e. The lowest BCUT2D eigenvalue weighted by atomic mass is 9.95. The molecule has 1 aromatic carbocycles. The molecular weight excluding hydrogens is 380 g/mol. The molecule has 28 heavy (non-hydrogen) atoms. The van der Waals surface area contributed by atoms with E-state index in [1.54, 1.807) is 12.1 Å². The molecule has 0 radical (unpaired) electrons. The number of aromatic nitrogens is 2. The third-order valence-corrected chi connectivity index (χ3v) is 6.61. The van der Waals surface area contributed by atoms with Gasteiger partial charge in [0, 0.05) is 11.6 Å². The van der Waals surface area contributed by atoms with Crippen molar-refractivity contribution in [2.75, 3.05) is 5.32 Å². The van der Waals surface area contributed by atoms with Crippen molar-refractivity contribution in [2.45, 2.75) is 49.7 Å². The summed E-state index contributed by atoms with van der Waals surface area (Å²) in [5, 5.41) is 9.75. The van der Waals surface area contributed by atoms with Gasteiger partial charge in [-0.3, -0.25) is 9.59 Å². The summed E-state index contributed by atoms with van der Waals surface area (Å²) in [4.78, 5) is 24.9. The van der Waals surface area contributed by atoms with Crippen molar-refractivity contribution >= 4 is 27.5 Å². The highest BCUT2D eigenvalue weighted by atomic mass is 32.2. The van der Waals surface area contributed by atoms with E-state index in [4.69, 9.17) is 0 Å². The maximum atomic E-state index is 12.5. The van der Waals surface area contributed by atoms with Crippen LogP contribution in [-0.4, -0.2) is 36.1 Å². The van der Waals surface area contributed by atoms with Crippen LogP contribution in [0.5, 0.6) is 0 Å². The summed E-state index contributed by atoms with van der Waals surface area (Å²) < 4.78 is 25.5. The van der Waals surface area contributed by atoms with Gasteiger partial charge in [0.15, 0.2) is 9.84 Å². The maximum Gasteiger partial charge on any atom is 0.314 e. The lowest BCUT2D eigenvalue weighted by molar-refractivity contribution is -0.136. The van der Waals surface area contributed by atoms with E-state index in [1.165, 1.54) is 4.68 Å². The molecule has 9 heteroatoms. The number of amides is 2. The van der Waals surface area contributed by atoms with Crippen LogP contribution >= 0.6 is 0 Å². The zero-order valence-corrected chi connectivity index (χ0v) is 16.2. The van der Waals surface area contributed by atoms with E-state index in [2.05, 4.69) is 15.7 Å². The number of carbonyl (C=O) groups excluding carboxylic acids is 2. The highest BCUT2D eigenvalue weighted by Gasteiger charge is 2.34. The fraction of sp³-hybridized carbons (Fsp3) is 0.421. The molecule has 0 atom stereocenters. The summed E-state index contributed by atoms with van der Waals surface area (Å²) >= 11 is 0. The third kappa shape index (κ3) is 3.80. The van der Waals surface area contributed by atoms with E-state index in [0.29, 0.717) is 16.9 Å². The second kappa shape index (κ2) is 7.38. The third-order valence-electron chi connectivity index (χ3n) is 5.17. The molecule has 1 aliphatic heterocycles. The van der Waals surface area contributed by atoms with E-state index < -0.39 is 21.7 Å². The van der Waals surface area contributed by atoms with Gasteiger partial charge in [0.1, 0.15) is 5.82 Å². The quantitative estimate of drug-likeness (QED) is 0.759. The largest absolute Gasteiger partial charge is 0.345 e. The van der Waals surface area contributed by atoms with Crippen LogP contribution in [0.25, 0.3) is 5.69 Å². The minimum absolute atomic E-state index is 0.0112. The monoisotopic (exact) mass is 402 g/mol. The summed E-state index contributed by atoms with van der Waals surface area (Å²) in [7, 11) is -3.29. The zero-order chi connectivity index (χ0) is 19.7. The van der Waals surface area contributed by atoms with Gasteiger partial charge in [-0.05, 0) is 25.0 Å². The van der Waals surface area contributed by atoms with Gasteiger partial charge in [-0.25, -0.2) is 13.1 Å². The lowest BCUT2D eigenvalue weighted by Crippen LogP contribution is -2.42. The van der Waals surface area contributed by atoms with Gasteiger partial charge in [0.2, 0.25) is 0 Å². The van der Waals surface area contributed by atoms with Gasteiger partial charge in [-0.15, -0.1) is 0 Å². The van der Waals surface area contributed by atoms with E-state index in [-0.39, 0.29) is 23.4 Å². The van der Waals surface area contributed by atoms with Crippen LogP contribution in [0.3, 0.4) is 0 Å². The number of hydrogen-bond acceptors (Lipinski definition) is 5. The summed E-state index contributed by atoms with van der Waals surface area (Å²) in [5.74, 6) is -1.64. The molecular formula is C19H22N4O4S. The molecule has 4 rings (SSSR count). The van der Waals surface area contributed by atoms with Gasteiger partial charge in [0.05, 0.1) is 22.9 Å². The zero-order valence-electron chi connectivity index (χ0n) is 15.3. The fourth-order valence-corrected chi connectivity index (χ4v) is 5.28. The van der Waals surface area contributed by atoms with E-state index >= 15 is 0 Å². The van der Waals surface area contributed by atoms with Gasteiger partial charge >= 0.3 is 11.8 Å². The molecule has 0 bridgehead atoms. The average Bonchev–Trinajstić information content (AvgIpc) is 3.15. The number of rotatable bonds is 3. The first-order valence-electron chi connectivity index (χ1n) is 9.41. The standard InChI is InChI=1S/C19H22N4O4S/c24-18(20-13-7-3-1-4-8-13)19(25)21-17-15-11-28(26,27)12-16(15)22-23(17)14-9-5-2-6-10-14/h2,5-6,9-10,13H,1,3-4,7-8,11-12H2,(H,20,24)(H,21,25). The molecule has 0 unspecified atom stereocenters. The first-order chi connectivity index (χ1) is 13.4. The number of benzene rings is 1. The minimum Gasteiger partial charge on any atom is -0.345 e. The molecule has 0 saturated heterocycles. The Kier molecular flexibility index (Phi) is 4.92. The van der Waals surface area contributed by atoms with Crippen LogP contribution in [-0.2, 0) is 30.9 Å². The van der Waals surface area contributed by atoms with Crippen LogP contribution in [0.4, 0.5) is 5.82 Å². The Bertz CT molecular complexity index is 1010. The Morgan fingerprint density at radius 2 is 1.71 bits per heavy atom. The van der Waals surface area contributed by atoms with Crippen molar-refractivity contribution < 1.29 is 18.0 Å². The number of hydrogen-bond donors (Lipinski definition) is 2. The summed E-state index contributed by atoms with van der Waals surface area (Å²) in [6.07, 6.45) is 4.97. The first kappa shape index (κ1) is 18.7. The molecule has 2 aromatic rings.